The second-order valence-corrected chi connectivity index (χ2v) is 5.70. The Kier molecular flexibility index (Phi) is 6.65. The number of anilines is 1. The van der Waals surface area contributed by atoms with Gasteiger partial charge >= 0.3 is 0 Å². The molecule has 1 aliphatic heterocycles. The topological polar surface area (TPSA) is 55.6 Å². The number of ether oxygens (including phenoxy) is 1. The summed E-state index contributed by atoms with van der Waals surface area (Å²) in [5, 5.41) is 0. The van der Waals surface area contributed by atoms with Crippen molar-refractivity contribution >= 4 is 24.0 Å². The van der Waals surface area contributed by atoms with Crippen molar-refractivity contribution in [2.75, 3.05) is 18.5 Å². The average molecular weight is 313 g/mol. The third kappa shape index (κ3) is 4.19. The number of halogens is 1. The summed E-state index contributed by atoms with van der Waals surface area (Å²) in [5.74, 6) is 0.506. The Labute approximate surface area is 133 Å². The summed E-state index contributed by atoms with van der Waals surface area (Å²) in [6.45, 7) is 4.79. The fraction of sp³-hybridized carbons (Fsp3) is 0.562. The van der Waals surface area contributed by atoms with Crippen molar-refractivity contribution < 1.29 is 9.53 Å². The molecule has 21 heavy (non-hydrogen) atoms. The molecule has 0 aromatic heterocycles. The molecule has 1 amide bonds. The molecule has 2 rings (SSSR count). The van der Waals surface area contributed by atoms with E-state index >= 15 is 0 Å². The molecule has 1 fully saturated rings. The van der Waals surface area contributed by atoms with Crippen molar-refractivity contribution in [1.29, 1.82) is 0 Å². The quantitative estimate of drug-likeness (QED) is 0.930. The number of rotatable bonds is 4. The molecule has 1 aliphatic rings. The van der Waals surface area contributed by atoms with E-state index in [-0.39, 0.29) is 30.5 Å². The third-order valence-corrected chi connectivity index (χ3v) is 3.92. The van der Waals surface area contributed by atoms with Gasteiger partial charge in [-0.1, -0.05) is 26.0 Å². The van der Waals surface area contributed by atoms with Crippen LogP contribution in [0.25, 0.3) is 0 Å². The van der Waals surface area contributed by atoms with E-state index in [0.29, 0.717) is 12.5 Å². The van der Waals surface area contributed by atoms with Gasteiger partial charge in [-0.3, -0.25) is 4.79 Å². The predicted octanol–water partition coefficient (Wildman–Crippen LogP) is 2.70. The lowest BCUT2D eigenvalue weighted by molar-refractivity contribution is -0.128. The SMILES string of the molecule is CC(C)c1ccc(N(C)C(=O)[C@@H]2CC[C@H](CN)O2)cc1.Cl. The monoisotopic (exact) mass is 312 g/mol. The van der Waals surface area contributed by atoms with Crippen LogP contribution in [0.1, 0.15) is 38.2 Å². The van der Waals surface area contributed by atoms with Gasteiger partial charge in [0.1, 0.15) is 6.10 Å². The maximum absolute atomic E-state index is 12.4. The number of hydrogen-bond acceptors (Lipinski definition) is 3. The van der Waals surface area contributed by atoms with Crippen LogP contribution in [-0.4, -0.2) is 31.7 Å². The highest BCUT2D eigenvalue weighted by atomic mass is 35.5. The first-order chi connectivity index (χ1) is 9.52. The van der Waals surface area contributed by atoms with Crippen molar-refractivity contribution in [3.05, 3.63) is 29.8 Å². The second kappa shape index (κ2) is 7.78. The molecule has 0 aliphatic carbocycles. The zero-order chi connectivity index (χ0) is 14.7. The van der Waals surface area contributed by atoms with Crippen LogP contribution < -0.4 is 10.6 Å². The minimum Gasteiger partial charge on any atom is -0.364 e. The van der Waals surface area contributed by atoms with Gasteiger partial charge in [-0.25, -0.2) is 0 Å². The molecule has 2 N–H and O–H groups in total. The lowest BCUT2D eigenvalue weighted by atomic mass is 10.0. The number of amides is 1. The maximum atomic E-state index is 12.4. The van der Waals surface area contributed by atoms with Gasteiger partial charge in [0.15, 0.2) is 0 Å². The molecule has 1 heterocycles. The van der Waals surface area contributed by atoms with Crippen molar-refractivity contribution in [2.45, 2.75) is 44.8 Å². The number of benzene rings is 1. The van der Waals surface area contributed by atoms with Crippen LogP contribution in [0, 0.1) is 0 Å². The highest BCUT2D eigenvalue weighted by Crippen LogP contribution is 2.24. The molecular weight excluding hydrogens is 288 g/mol. The summed E-state index contributed by atoms with van der Waals surface area (Å²) < 4.78 is 5.66. The van der Waals surface area contributed by atoms with E-state index in [1.165, 1.54) is 5.56 Å². The van der Waals surface area contributed by atoms with Crippen LogP contribution in [0.3, 0.4) is 0 Å². The van der Waals surface area contributed by atoms with E-state index in [9.17, 15) is 4.79 Å². The van der Waals surface area contributed by atoms with Gasteiger partial charge in [0, 0.05) is 19.3 Å². The number of carbonyl (C=O) groups excluding carboxylic acids is 1. The van der Waals surface area contributed by atoms with E-state index in [2.05, 4.69) is 26.0 Å². The molecule has 4 nitrogen and oxygen atoms in total. The lowest BCUT2D eigenvalue weighted by Gasteiger charge is -2.22. The number of hydrogen-bond donors (Lipinski definition) is 1. The Hall–Kier alpha value is -1.10. The molecule has 5 heteroatoms. The Morgan fingerprint density at radius 3 is 2.43 bits per heavy atom. The van der Waals surface area contributed by atoms with Gasteiger partial charge in [0.25, 0.3) is 5.91 Å². The van der Waals surface area contributed by atoms with E-state index in [1.807, 2.05) is 12.1 Å². The normalized spacial score (nSPS) is 21.2. The van der Waals surface area contributed by atoms with Gasteiger partial charge in [0.05, 0.1) is 6.10 Å². The molecular formula is C16H25ClN2O2. The van der Waals surface area contributed by atoms with Crippen LogP contribution in [0.5, 0.6) is 0 Å². The van der Waals surface area contributed by atoms with Crippen molar-refractivity contribution in [3.63, 3.8) is 0 Å². The van der Waals surface area contributed by atoms with Gasteiger partial charge in [0.2, 0.25) is 0 Å². The Balaban J connectivity index is 0.00000220. The van der Waals surface area contributed by atoms with Crippen molar-refractivity contribution in [3.8, 4) is 0 Å². The smallest absolute Gasteiger partial charge is 0.255 e. The molecule has 1 saturated heterocycles. The fourth-order valence-electron chi connectivity index (χ4n) is 2.49. The first-order valence-electron chi connectivity index (χ1n) is 7.26. The Morgan fingerprint density at radius 1 is 1.33 bits per heavy atom. The standard InChI is InChI=1S/C16H24N2O2.ClH/c1-11(2)12-4-6-13(7-5-12)18(3)16(19)15-9-8-14(10-17)20-15;/h4-7,11,14-15H,8-10,17H2,1-3H3;1H/t14-,15+;/m1./s1. The van der Waals surface area contributed by atoms with Gasteiger partial charge < -0.3 is 15.4 Å². The maximum Gasteiger partial charge on any atom is 0.255 e. The zero-order valence-electron chi connectivity index (χ0n) is 12.9. The molecule has 2 atom stereocenters. The van der Waals surface area contributed by atoms with E-state index < -0.39 is 0 Å². The zero-order valence-corrected chi connectivity index (χ0v) is 13.7. The molecule has 0 unspecified atom stereocenters. The third-order valence-electron chi connectivity index (χ3n) is 3.92. The number of carbonyl (C=O) groups is 1. The summed E-state index contributed by atoms with van der Waals surface area (Å²) >= 11 is 0. The predicted molar refractivity (Wildman–Crippen MR) is 88.1 cm³/mol. The molecule has 0 bridgehead atoms. The van der Waals surface area contributed by atoms with Crippen LogP contribution in [0.2, 0.25) is 0 Å². The molecule has 1 aromatic carbocycles. The second-order valence-electron chi connectivity index (χ2n) is 5.70. The number of nitrogens with two attached hydrogens (primary N) is 1. The van der Waals surface area contributed by atoms with Crippen LogP contribution in [0.15, 0.2) is 24.3 Å². The summed E-state index contributed by atoms with van der Waals surface area (Å²) in [7, 11) is 1.80. The van der Waals surface area contributed by atoms with Crippen molar-refractivity contribution in [1.82, 2.24) is 0 Å². The molecule has 1 aromatic rings. The van der Waals surface area contributed by atoms with Gasteiger partial charge in [-0.05, 0) is 36.5 Å². The first kappa shape index (κ1) is 18.0. The minimum absolute atomic E-state index is 0. The number of likely N-dealkylation sites (N-methyl/N-ethyl adjacent to an activating group) is 1. The summed E-state index contributed by atoms with van der Waals surface area (Å²) in [6.07, 6.45) is 1.31. The molecule has 0 radical (unpaired) electrons. The Bertz CT molecular complexity index is 462. The minimum atomic E-state index is -0.349. The fourth-order valence-corrected chi connectivity index (χ4v) is 2.49. The van der Waals surface area contributed by atoms with Crippen LogP contribution >= 0.6 is 12.4 Å². The van der Waals surface area contributed by atoms with Crippen molar-refractivity contribution in [2.24, 2.45) is 5.73 Å². The van der Waals surface area contributed by atoms with Crippen LogP contribution in [0.4, 0.5) is 5.69 Å². The van der Waals surface area contributed by atoms with Crippen LogP contribution in [-0.2, 0) is 9.53 Å². The highest BCUT2D eigenvalue weighted by molar-refractivity contribution is 5.96. The average Bonchev–Trinajstić information content (AvgIpc) is 2.94. The van der Waals surface area contributed by atoms with E-state index in [4.69, 9.17) is 10.5 Å². The molecule has 118 valence electrons. The van der Waals surface area contributed by atoms with Gasteiger partial charge in [-0.15, -0.1) is 12.4 Å². The summed E-state index contributed by atoms with van der Waals surface area (Å²) in [5.41, 5.74) is 7.75. The number of nitrogens with zero attached hydrogens (tertiary/aromatic N) is 1. The lowest BCUT2D eigenvalue weighted by Crippen LogP contribution is -2.37. The first-order valence-corrected chi connectivity index (χ1v) is 7.26. The summed E-state index contributed by atoms with van der Waals surface area (Å²) in [4.78, 5) is 14.1. The molecule has 0 saturated carbocycles. The summed E-state index contributed by atoms with van der Waals surface area (Å²) in [6, 6.07) is 8.12. The van der Waals surface area contributed by atoms with Gasteiger partial charge in [-0.2, -0.15) is 0 Å². The molecule has 0 spiro atoms. The van der Waals surface area contributed by atoms with E-state index in [1.54, 1.807) is 11.9 Å². The highest BCUT2D eigenvalue weighted by Gasteiger charge is 2.32. The van der Waals surface area contributed by atoms with E-state index in [0.717, 1.165) is 18.5 Å². The Morgan fingerprint density at radius 2 is 1.95 bits per heavy atom. The largest absolute Gasteiger partial charge is 0.364 e.